The maximum Gasteiger partial charge on any atom is 0.272 e. The molecule has 5 nitrogen and oxygen atoms in total. The number of halogens is 2. The zero-order valence-electron chi connectivity index (χ0n) is 11.9. The molecule has 0 bridgehead atoms. The second-order valence-corrected chi connectivity index (χ2v) is 6.06. The average Bonchev–Trinajstić information content (AvgIpc) is 3.01. The monoisotopic (exact) mass is 338 g/mol. The lowest BCUT2D eigenvalue weighted by Crippen LogP contribution is -2.42. The first kappa shape index (κ1) is 15.3. The van der Waals surface area contributed by atoms with Crippen LogP contribution in [0.1, 0.15) is 23.3 Å². The minimum absolute atomic E-state index is 0.147. The Hall–Kier alpha value is -1.56. The summed E-state index contributed by atoms with van der Waals surface area (Å²) >= 11 is 11.9. The number of rotatable bonds is 3. The molecule has 1 amide bonds. The second-order valence-electron chi connectivity index (χ2n) is 5.24. The molecule has 2 N–H and O–H groups in total. The minimum atomic E-state index is -0.147. The van der Waals surface area contributed by atoms with Crippen LogP contribution in [-0.4, -0.2) is 34.8 Å². The summed E-state index contributed by atoms with van der Waals surface area (Å²) in [5.74, 6) is -0.147. The number of amides is 1. The summed E-state index contributed by atoms with van der Waals surface area (Å²) in [6.45, 7) is 1.87. The molecular formula is C15H16Cl2N4O. The molecule has 1 aromatic heterocycles. The molecule has 0 atom stereocenters. The van der Waals surface area contributed by atoms with E-state index < -0.39 is 0 Å². The molecule has 0 saturated carbocycles. The van der Waals surface area contributed by atoms with Crippen LogP contribution in [0.25, 0.3) is 5.69 Å². The van der Waals surface area contributed by atoms with Crippen LogP contribution in [0.15, 0.2) is 30.5 Å². The largest absolute Gasteiger partial charge is 0.348 e. The Morgan fingerprint density at radius 2 is 2.00 bits per heavy atom. The van der Waals surface area contributed by atoms with Gasteiger partial charge in [-0.15, -0.1) is 0 Å². The van der Waals surface area contributed by atoms with Crippen molar-refractivity contribution in [2.45, 2.75) is 18.9 Å². The third-order valence-electron chi connectivity index (χ3n) is 3.66. The zero-order chi connectivity index (χ0) is 15.5. The molecule has 2 heterocycles. The number of piperidine rings is 1. The highest BCUT2D eigenvalue weighted by Gasteiger charge is 2.18. The number of carbonyl (C=O) groups is 1. The Morgan fingerprint density at radius 3 is 2.73 bits per heavy atom. The van der Waals surface area contributed by atoms with Gasteiger partial charge < -0.3 is 10.6 Å². The van der Waals surface area contributed by atoms with Crippen molar-refractivity contribution in [1.82, 2.24) is 20.4 Å². The van der Waals surface area contributed by atoms with E-state index in [0.717, 1.165) is 31.6 Å². The van der Waals surface area contributed by atoms with Gasteiger partial charge in [0.2, 0.25) is 0 Å². The molecule has 0 aliphatic carbocycles. The standard InChI is InChI=1S/C15H16Cl2N4O/c16-12-2-1-11(9-13(12)17)21-8-5-14(20-21)15(22)19-10-3-6-18-7-4-10/h1-2,5,8-10,18H,3-4,6-7H2,(H,19,22). The van der Waals surface area contributed by atoms with Crippen molar-refractivity contribution in [3.8, 4) is 5.69 Å². The molecule has 3 rings (SSSR count). The van der Waals surface area contributed by atoms with Gasteiger partial charge in [-0.1, -0.05) is 23.2 Å². The average molecular weight is 339 g/mol. The third kappa shape index (κ3) is 3.43. The molecule has 116 valence electrons. The number of carbonyl (C=O) groups excluding carboxylic acids is 1. The van der Waals surface area contributed by atoms with Crippen LogP contribution < -0.4 is 10.6 Å². The number of hydrogen-bond donors (Lipinski definition) is 2. The Bertz CT molecular complexity index is 680. The molecular weight excluding hydrogens is 323 g/mol. The summed E-state index contributed by atoms with van der Waals surface area (Å²) in [6, 6.07) is 7.12. The van der Waals surface area contributed by atoms with Crippen molar-refractivity contribution in [2.75, 3.05) is 13.1 Å². The molecule has 7 heteroatoms. The first-order valence-electron chi connectivity index (χ1n) is 7.16. The maximum absolute atomic E-state index is 12.2. The van der Waals surface area contributed by atoms with Gasteiger partial charge in [0, 0.05) is 12.2 Å². The first-order valence-corrected chi connectivity index (χ1v) is 7.92. The number of nitrogens with one attached hydrogen (secondary N) is 2. The van der Waals surface area contributed by atoms with Gasteiger partial charge in [0.05, 0.1) is 15.7 Å². The summed E-state index contributed by atoms with van der Waals surface area (Å²) in [5, 5.41) is 11.5. The summed E-state index contributed by atoms with van der Waals surface area (Å²) in [6.07, 6.45) is 3.62. The quantitative estimate of drug-likeness (QED) is 0.904. The van der Waals surface area contributed by atoms with Gasteiger partial charge in [-0.3, -0.25) is 4.79 Å². The van der Waals surface area contributed by atoms with E-state index in [0.29, 0.717) is 15.7 Å². The van der Waals surface area contributed by atoms with E-state index in [-0.39, 0.29) is 11.9 Å². The molecule has 1 aromatic carbocycles. The van der Waals surface area contributed by atoms with Gasteiger partial charge in [-0.2, -0.15) is 5.10 Å². The van der Waals surface area contributed by atoms with Gasteiger partial charge >= 0.3 is 0 Å². The van der Waals surface area contributed by atoms with Gasteiger partial charge in [0.25, 0.3) is 5.91 Å². The topological polar surface area (TPSA) is 59.0 Å². The fourth-order valence-corrected chi connectivity index (χ4v) is 2.73. The van der Waals surface area contributed by atoms with Gasteiger partial charge in [0.15, 0.2) is 5.69 Å². The van der Waals surface area contributed by atoms with Crippen LogP contribution in [0.3, 0.4) is 0 Å². The van der Waals surface area contributed by atoms with E-state index in [1.165, 1.54) is 0 Å². The van der Waals surface area contributed by atoms with Crippen LogP contribution in [0, 0.1) is 0 Å². The fraction of sp³-hybridized carbons (Fsp3) is 0.333. The van der Waals surface area contributed by atoms with E-state index in [9.17, 15) is 4.79 Å². The lowest BCUT2D eigenvalue weighted by molar-refractivity contribution is 0.0924. The number of benzene rings is 1. The third-order valence-corrected chi connectivity index (χ3v) is 4.40. The molecule has 22 heavy (non-hydrogen) atoms. The molecule has 0 spiro atoms. The Morgan fingerprint density at radius 1 is 1.23 bits per heavy atom. The number of nitrogens with zero attached hydrogens (tertiary/aromatic N) is 2. The number of hydrogen-bond acceptors (Lipinski definition) is 3. The van der Waals surface area contributed by atoms with Crippen LogP contribution in [0.2, 0.25) is 10.0 Å². The summed E-state index contributed by atoms with van der Waals surface area (Å²) in [7, 11) is 0. The molecule has 0 unspecified atom stereocenters. The van der Waals surface area contributed by atoms with E-state index >= 15 is 0 Å². The van der Waals surface area contributed by atoms with E-state index in [2.05, 4.69) is 15.7 Å². The van der Waals surface area contributed by atoms with E-state index in [1.54, 1.807) is 35.1 Å². The zero-order valence-corrected chi connectivity index (χ0v) is 13.4. The highest BCUT2D eigenvalue weighted by atomic mass is 35.5. The normalized spacial score (nSPS) is 15.7. The molecule has 0 radical (unpaired) electrons. The lowest BCUT2D eigenvalue weighted by atomic mass is 10.1. The van der Waals surface area contributed by atoms with Gasteiger partial charge in [-0.05, 0) is 50.2 Å². The van der Waals surface area contributed by atoms with Crippen molar-refractivity contribution in [3.63, 3.8) is 0 Å². The summed E-state index contributed by atoms with van der Waals surface area (Å²) in [5.41, 5.74) is 1.15. The van der Waals surface area contributed by atoms with Gasteiger partial charge in [0.1, 0.15) is 0 Å². The van der Waals surface area contributed by atoms with Crippen molar-refractivity contribution >= 4 is 29.1 Å². The number of aromatic nitrogens is 2. The molecule has 2 aromatic rings. The van der Waals surface area contributed by atoms with Crippen molar-refractivity contribution < 1.29 is 4.79 Å². The molecule has 1 fully saturated rings. The van der Waals surface area contributed by atoms with Gasteiger partial charge in [-0.25, -0.2) is 4.68 Å². The molecule has 1 saturated heterocycles. The van der Waals surface area contributed by atoms with Crippen LogP contribution in [-0.2, 0) is 0 Å². The maximum atomic E-state index is 12.2. The minimum Gasteiger partial charge on any atom is -0.348 e. The predicted octanol–water partition coefficient (Wildman–Crippen LogP) is 2.66. The van der Waals surface area contributed by atoms with Crippen LogP contribution in [0.5, 0.6) is 0 Å². The van der Waals surface area contributed by atoms with E-state index in [1.807, 2.05) is 0 Å². The molecule has 1 aliphatic rings. The van der Waals surface area contributed by atoms with Crippen molar-refractivity contribution in [1.29, 1.82) is 0 Å². The highest BCUT2D eigenvalue weighted by molar-refractivity contribution is 6.42. The second kappa shape index (κ2) is 6.69. The van der Waals surface area contributed by atoms with Crippen LogP contribution in [0.4, 0.5) is 0 Å². The van der Waals surface area contributed by atoms with E-state index in [4.69, 9.17) is 23.2 Å². The van der Waals surface area contributed by atoms with Crippen LogP contribution >= 0.6 is 23.2 Å². The highest BCUT2D eigenvalue weighted by Crippen LogP contribution is 2.24. The Balaban J connectivity index is 1.72. The smallest absolute Gasteiger partial charge is 0.272 e. The first-order chi connectivity index (χ1) is 10.6. The predicted molar refractivity (Wildman–Crippen MR) is 86.9 cm³/mol. The SMILES string of the molecule is O=C(NC1CCNCC1)c1ccn(-c2ccc(Cl)c(Cl)c2)n1. The Labute approximate surface area is 138 Å². The fourth-order valence-electron chi connectivity index (χ4n) is 2.44. The van der Waals surface area contributed by atoms with Crippen molar-refractivity contribution in [2.24, 2.45) is 0 Å². The summed E-state index contributed by atoms with van der Waals surface area (Å²) in [4.78, 5) is 12.2. The molecule has 1 aliphatic heterocycles. The summed E-state index contributed by atoms with van der Waals surface area (Å²) < 4.78 is 1.61. The van der Waals surface area contributed by atoms with Crippen molar-refractivity contribution in [3.05, 3.63) is 46.2 Å². The Kier molecular flexibility index (Phi) is 4.66. The lowest BCUT2D eigenvalue weighted by Gasteiger charge is -2.23.